The first-order valence-corrected chi connectivity index (χ1v) is 12.7. The monoisotopic (exact) mass is 528 g/mol. The van der Waals surface area contributed by atoms with Gasteiger partial charge in [0.05, 0.1) is 17.1 Å². The van der Waals surface area contributed by atoms with Crippen molar-refractivity contribution >= 4 is 39.7 Å². The molecule has 1 amide bonds. The van der Waals surface area contributed by atoms with Crippen molar-refractivity contribution in [2.45, 2.75) is 6.92 Å². The molecule has 0 aliphatic carbocycles. The van der Waals surface area contributed by atoms with Crippen molar-refractivity contribution in [1.29, 1.82) is 0 Å². The van der Waals surface area contributed by atoms with E-state index in [0.29, 0.717) is 33.6 Å². The number of carbonyl (C=O) groups excluding carboxylic acids is 1. The van der Waals surface area contributed by atoms with E-state index in [2.05, 4.69) is 10.4 Å². The fourth-order valence-corrected chi connectivity index (χ4v) is 4.34. The summed E-state index contributed by atoms with van der Waals surface area (Å²) in [7, 11) is 0. The van der Waals surface area contributed by atoms with Gasteiger partial charge in [-0.3, -0.25) is 9.59 Å². The standard InChI is InChI=1S/C32H24N4O4/c1-21-9-2-5-14-26(21)34-30(37)20-39-24-12-8-10-22(17-24)19-33-36-31(29-18-23-11-3-7-16-28(23)40-29)35-27-15-6-4-13-25(27)32(36)38/h2-19H,20H2,1H3,(H,34,37). The summed E-state index contributed by atoms with van der Waals surface area (Å²) in [6.45, 7) is 1.77. The van der Waals surface area contributed by atoms with Crippen LogP contribution in [0.2, 0.25) is 0 Å². The molecule has 0 saturated carbocycles. The SMILES string of the molecule is Cc1ccccc1NC(=O)COc1cccc(C=Nn2c(-c3cc4ccccc4o3)nc3ccccc3c2=O)c1. The quantitative estimate of drug-likeness (QED) is 0.256. The van der Waals surface area contributed by atoms with Crippen LogP contribution in [0.25, 0.3) is 33.5 Å². The number of rotatable bonds is 7. The van der Waals surface area contributed by atoms with Gasteiger partial charge in [0.2, 0.25) is 5.82 Å². The molecule has 8 nitrogen and oxygen atoms in total. The van der Waals surface area contributed by atoms with E-state index < -0.39 is 0 Å². The summed E-state index contributed by atoms with van der Waals surface area (Å²) in [6, 6.07) is 31.2. The molecule has 0 fully saturated rings. The molecule has 4 aromatic carbocycles. The highest BCUT2D eigenvalue weighted by molar-refractivity contribution is 5.92. The van der Waals surface area contributed by atoms with E-state index in [1.54, 1.807) is 42.6 Å². The number of hydrogen-bond acceptors (Lipinski definition) is 6. The summed E-state index contributed by atoms with van der Waals surface area (Å²) >= 11 is 0. The molecule has 0 unspecified atom stereocenters. The number of carbonyl (C=O) groups is 1. The lowest BCUT2D eigenvalue weighted by atomic mass is 10.2. The predicted molar refractivity (Wildman–Crippen MR) is 156 cm³/mol. The Kier molecular flexibility index (Phi) is 6.64. The van der Waals surface area contributed by atoms with Crippen molar-refractivity contribution in [2.75, 3.05) is 11.9 Å². The number of para-hydroxylation sites is 3. The Bertz CT molecular complexity index is 1920. The fourth-order valence-electron chi connectivity index (χ4n) is 4.34. The summed E-state index contributed by atoms with van der Waals surface area (Å²) in [5.74, 6) is 0.942. The van der Waals surface area contributed by atoms with Gasteiger partial charge in [-0.05, 0) is 60.5 Å². The van der Waals surface area contributed by atoms with Gasteiger partial charge in [-0.2, -0.15) is 9.78 Å². The third-order valence-corrected chi connectivity index (χ3v) is 6.37. The van der Waals surface area contributed by atoms with Crippen LogP contribution in [0, 0.1) is 6.92 Å². The number of aryl methyl sites for hydroxylation is 1. The molecular weight excluding hydrogens is 504 g/mol. The van der Waals surface area contributed by atoms with Gasteiger partial charge >= 0.3 is 0 Å². The smallest absolute Gasteiger partial charge is 0.282 e. The molecule has 2 aromatic heterocycles. The first-order chi connectivity index (χ1) is 19.5. The normalized spacial score (nSPS) is 11.3. The Morgan fingerprint density at radius 3 is 2.65 bits per heavy atom. The second-order valence-electron chi connectivity index (χ2n) is 9.19. The van der Waals surface area contributed by atoms with E-state index in [-0.39, 0.29) is 23.9 Å². The molecule has 0 saturated heterocycles. The van der Waals surface area contributed by atoms with Crippen LogP contribution in [0.4, 0.5) is 5.69 Å². The maximum absolute atomic E-state index is 13.5. The topological polar surface area (TPSA) is 98.7 Å². The average molecular weight is 529 g/mol. The third-order valence-electron chi connectivity index (χ3n) is 6.37. The van der Waals surface area contributed by atoms with Crippen LogP contribution in [0.15, 0.2) is 117 Å². The van der Waals surface area contributed by atoms with Crippen molar-refractivity contribution in [1.82, 2.24) is 9.66 Å². The van der Waals surface area contributed by atoms with Crippen LogP contribution >= 0.6 is 0 Å². The molecule has 0 atom stereocenters. The Morgan fingerprint density at radius 1 is 0.975 bits per heavy atom. The summed E-state index contributed by atoms with van der Waals surface area (Å²) in [4.78, 5) is 30.6. The summed E-state index contributed by atoms with van der Waals surface area (Å²) < 4.78 is 13.0. The van der Waals surface area contributed by atoms with Crippen LogP contribution in [0.1, 0.15) is 11.1 Å². The number of benzene rings is 4. The maximum atomic E-state index is 13.5. The van der Waals surface area contributed by atoms with Crippen molar-refractivity contribution in [3.63, 3.8) is 0 Å². The molecule has 0 spiro atoms. The van der Waals surface area contributed by atoms with Crippen molar-refractivity contribution < 1.29 is 13.9 Å². The molecule has 0 aliphatic rings. The number of aromatic nitrogens is 2. The van der Waals surface area contributed by atoms with Crippen LogP contribution in [0.5, 0.6) is 5.75 Å². The maximum Gasteiger partial charge on any atom is 0.282 e. The molecule has 2 heterocycles. The second-order valence-corrected chi connectivity index (χ2v) is 9.19. The lowest BCUT2D eigenvalue weighted by Crippen LogP contribution is -2.20. The number of ether oxygens (including phenoxy) is 1. The lowest BCUT2D eigenvalue weighted by molar-refractivity contribution is -0.118. The second kappa shape index (κ2) is 10.7. The van der Waals surface area contributed by atoms with E-state index in [4.69, 9.17) is 14.1 Å². The van der Waals surface area contributed by atoms with E-state index in [1.807, 2.05) is 73.7 Å². The predicted octanol–water partition coefficient (Wildman–Crippen LogP) is 6.02. The van der Waals surface area contributed by atoms with Crippen molar-refractivity contribution in [3.05, 3.63) is 125 Å². The van der Waals surface area contributed by atoms with Crippen LogP contribution in [0.3, 0.4) is 0 Å². The van der Waals surface area contributed by atoms with Gasteiger partial charge in [0.15, 0.2) is 12.4 Å². The first kappa shape index (κ1) is 24.8. The highest BCUT2D eigenvalue weighted by Crippen LogP contribution is 2.27. The van der Waals surface area contributed by atoms with E-state index in [0.717, 1.165) is 16.6 Å². The Labute approximate surface area is 229 Å². The number of nitrogens with one attached hydrogen (secondary N) is 1. The van der Waals surface area contributed by atoms with Crippen molar-refractivity contribution in [3.8, 4) is 17.3 Å². The number of anilines is 1. The Morgan fingerprint density at radius 2 is 1.77 bits per heavy atom. The molecule has 6 rings (SSSR count). The fraction of sp³-hybridized carbons (Fsp3) is 0.0625. The molecule has 1 N–H and O–H groups in total. The molecule has 0 radical (unpaired) electrons. The molecule has 8 heteroatoms. The zero-order valence-electron chi connectivity index (χ0n) is 21.6. The minimum absolute atomic E-state index is 0.154. The van der Waals surface area contributed by atoms with E-state index in [1.165, 1.54) is 4.68 Å². The average Bonchev–Trinajstić information content (AvgIpc) is 3.41. The Balaban J connectivity index is 1.28. The molecule has 6 aromatic rings. The minimum atomic E-state index is -0.322. The molecule has 196 valence electrons. The lowest BCUT2D eigenvalue weighted by Gasteiger charge is -2.10. The van der Waals surface area contributed by atoms with Crippen molar-refractivity contribution in [2.24, 2.45) is 5.10 Å². The molecular formula is C32H24N4O4. The van der Waals surface area contributed by atoms with Gasteiger partial charge in [0.25, 0.3) is 11.5 Å². The van der Waals surface area contributed by atoms with Gasteiger partial charge in [0, 0.05) is 11.1 Å². The minimum Gasteiger partial charge on any atom is -0.484 e. The number of furan rings is 1. The molecule has 40 heavy (non-hydrogen) atoms. The van der Waals surface area contributed by atoms with Gasteiger partial charge in [0.1, 0.15) is 11.3 Å². The number of hydrogen-bond donors (Lipinski definition) is 1. The van der Waals surface area contributed by atoms with E-state index in [9.17, 15) is 9.59 Å². The molecule has 0 aliphatic heterocycles. The van der Waals surface area contributed by atoms with Crippen LogP contribution < -0.4 is 15.6 Å². The summed E-state index contributed by atoms with van der Waals surface area (Å²) in [5, 5.41) is 8.68. The highest BCUT2D eigenvalue weighted by atomic mass is 16.5. The molecule has 0 bridgehead atoms. The third kappa shape index (κ3) is 5.10. The summed E-state index contributed by atoms with van der Waals surface area (Å²) in [6.07, 6.45) is 1.55. The van der Waals surface area contributed by atoms with E-state index >= 15 is 0 Å². The Hall–Kier alpha value is -5.50. The number of amides is 1. The summed E-state index contributed by atoms with van der Waals surface area (Å²) in [5.41, 5.74) is 3.30. The zero-order chi connectivity index (χ0) is 27.5. The largest absolute Gasteiger partial charge is 0.484 e. The van der Waals surface area contributed by atoms with Crippen LogP contribution in [-0.4, -0.2) is 28.4 Å². The van der Waals surface area contributed by atoms with Crippen LogP contribution in [-0.2, 0) is 4.79 Å². The number of nitrogens with zero attached hydrogens (tertiary/aromatic N) is 3. The highest BCUT2D eigenvalue weighted by Gasteiger charge is 2.16. The first-order valence-electron chi connectivity index (χ1n) is 12.7. The van der Waals surface area contributed by atoms with Gasteiger partial charge < -0.3 is 14.5 Å². The van der Waals surface area contributed by atoms with Gasteiger partial charge in [-0.25, -0.2) is 4.98 Å². The number of fused-ring (bicyclic) bond motifs is 2. The van der Waals surface area contributed by atoms with Gasteiger partial charge in [-0.1, -0.05) is 60.7 Å². The zero-order valence-corrected chi connectivity index (χ0v) is 21.6. The van der Waals surface area contributed by atoms with Gasteiger partial charge in [-0.15, -0.1) is 0 Å².